The monoisotopic (exact) mass is 247 g/mol. The summed E-state index contributed by atoms with van der Waals surface area (Å²) < 4.78 is 5.96. The van der Waals surface area contributed by atoms with Crippen molar-refractivity contribution < 1.29 is 9.84 Å². The molecule has 0 aromatic heterocycles. The number of ether oxygens (including phenoxy) is 1. The predicted octanol–water partition coefficient (Wildman–Crippen LogP) is 2.10. The van der Waals surface area contributed by atoms with E-state index < -0.39 is 0 Å². The van der Waals surface area contributed by atoms with Crippen LogP contribution in [0.5, 0.6) is 0 Å². The smallest absolute Gasteiger partial charge is 0.137 e. The highest BCUT2D eigenvalue weighted by atomic mass is 16.5. The van der Waals surface area contributed by atoms with Gasteiger partial charge in [-0.2, -0.15) is 0 Å². The Morgan fingerprint density at radius 2 is 2.00 bits per heavy atom. The van der Waals surface area contributed by atoms with Gasteiger partial charge in [-0.1, -0.05) is 31.2 Å². The Morgan fingerprint density at radius 1 is 1.28 bits per heavy atom. The molecule has 1 aliphatic carbocycles. The van der Waals surface area contributed by atoms with E-state index in [-0.39, 0.29) is 18.9 Å². The van der Waals surface area contributed by atoms with E-state index in [1.54, 1.807) is 0 Å². The Kier molecular flexibility index (Phi) is 3.37. The Balaban J connectivity index is 1.79. The minimum absolute atomic E-state index is 0.0264. The highest BCUT2D eigenvalue weighted by molar-refractivity contribution is 5.25. The van der Waals surface area contributed by atoms with Gasteiger partial charge in [0, 0.05) is 12.6 Å². The molecule has 3 nitrogen and oxygen atoms in total. The van der Waals surface area contributed by atoms with E-state index in [0.29, 0.717) is 6.04 Å². The summed E-state index contributed by atoms with van der Waals surface area (Å²) in [6.07, 6.45) is 3.62. The molecule has 0 radical (unpaired) electrons. The van der Waals surface area contributed by atoms with Crippen molar-refractivity contribution in [3.63, 3.8) is 0 Å². The number of benzene rings is 1. The van der Waals surface area contributed by atoms with Crippen molar-refractivity contribution in [1.29, 1.82) is 0 Å². The fourth-order valence-corrected chi connectivity index (χ4v) is 2.67. The van der Waals surface area contributed by atoms with Crippen molar-refractivity contribution in [1.82, 2.24) is 4.90 Å². The summed E-state index contributed by atoms with van der Waals surface area (Å²) in [7, 11) is 0. The van der Waals surface area contributed by atoms with Gasteiger partial charge in [-0.25, -0.2) is 0 Å². The van der Waals surface area contributed by atoms with Crippen LogP contribution in [0.4, 0.5) is 0 Å². The molecular weight excluding hydrogens is 226 g/mol. The fourth-order valence-electron chi connectivity index (χ4n) is 2.67. The number of aliphatic hydroxyl groups excluding tert-OH is 1. The lowest BCUT2D eigenvalue weighted by Gasteiger charge is -2.22. The van der Waals surface area contributed by atoms with Crippen LogP contribution in [0, 0.1) is 0 Å². The first kappa shape index (κ1) is 12.2. The zero-order chi connectivity index (χ0) is 12.5. The molecule has 1 saturated carbocycles. The number of aryl methyl sites for hydroxylation is 1. The zero-order valence-corrected chi connectivity index (χ0v) is 10.9. The second-order valence-electron chi connectivity index (χ2n) is 5.32. The second-order valence-corrected chi connectivity index (χ2v) is 5.32. The van der Waals surface area contributed by atoms with Crippen LogP contribution in [-0.4, -0.2) is 35.3 Å². The summed E-state index contributed by atoms with van der Waals surface area (Å²) >= 11 is 0. The Morgan fingerprint density at radius 3 is 2.56 bits per heavy atom. The van der Waals surface area contributed by atoms with Crippen LogP contribution in [0.15, 0.2) is 24.3 Å². The number of rotatable bonds is 4. The standard InChI is InChI=1S/C15H21NO2/c1-2-11-3-5-12(6-4-11)15-16(13-7-8-13)9-14(10-17)18-15/h3-6,13-15,17H,2,7-10H2,1H3. The molecule has 2 atom stereocenters. The average Bonchev–Trinajstić information content (AvgIpc) is 3.18. The topological polar surface area (TPSA) is 32.7 Å². The molecule has 1 aromatic carbocycles. The Hall–Kier alpha value is -0.900. The summed E-state index contributed by atoms with van der Waals surface area (Å²) in [6.45, 7) is 3.15. The maximum Gasteiger partial charge on any atom is 0.137 e. The minimum Gasteiger partial charge on any atom is -0.394 e. The largest absolute Gasteiger partial charge is 0.394 e. The molecule has 2 fully saturated rings. The summed E-state index contributed by atoms with van der Waals surface area (Å²) in [5.74, 6) is 0. The lowest BCUT2D eigenvalue weighted by atomic mass is 10.1. The fraction of sp³-hybridized carbons (Fsp3) is 0.600. The lowest BCUT2D eigenvalue weighted by molar-refractivity contribution is -0.0216. The van der Waals surface area contributed by atoms with Gasteiger partial charge in [-0.15, -0.1) is 0 Å². The number of nitrogens with zero attached hydrogens (tertiary/aromatic N) is 1. The molecule has 0 bridgehead atoms. The molecule has 3 heteroatoms. The Labute approximate surface area is 108 Å². The average molecular weight is 247 g/mol. The SMILES string of the molecule is CCc1ccc(C2OC(CO)CN2C2CC2)cc1. The van der Waals surface area contributed by atoms with E-state index in [4.69, 9.17) is 4.74 Å². The third-order valence-corrected chi connectivity index (χ3v) is 3.93. The van der Waals surface area contributed by atoms with E-state index in [1.807, 2.05) is 0 Å². The molecule has 1 aliphatic heterocycles. The van der Waals surface area contributed by atoms with Crippen molar-refractivity contribution in [2.75, 3.05) is 13.2 Å². The molecule has 2 aliphatic rings. The van der Waals surface area contributed by atoms with Gasteiger partial charge in [-0.3, -0.25) is 4.90 Å². The van der Waals surface area contributed by atoms with Crippen molar-refractivity contribution >= 4 is 0 Å². The summed E-state index contributed by atoms with van der Waals surface area (Å²) in [5, 5.41) is 9.28. The third kappa shape index (κ3) is 2.30. The van der Waals surface area contributed by atoms with Crippen molar-refractivity contribution in [2.45, 2.75) is 44.6 Å². The van der Waals surface area contributed by atoms with Gasteiger partial charge >= 0.3 is 0 Å². The molecule has 0 amide bonds. The van der Waals surface area contributed by atoms with Crippen LogP contribution in [-0.2, 0) is 11.2 Å². The highest BCUT2D eigenvalue weighted by Gasteiger charge is 2.41. The van der Waals surface area contributed by atoms with Gasteiger partial charge in [0.2, 0.25) is 0 Å². The highest BCUT2D eigenvalue weighted by Crippen LogP contribution is 2.39. The molecule has 98 valence electrons. The number of hydrogen-bond acceptors (Lipinski definition) is 3. The normalized spacial score (nSPS) is 28.8. The molecule has 1 saturated heterocycles. The van der Waals surface area contributed by atoms with E-state index in [9.17, 15) is 5.11 Å². The second kappa shape index (κ2) is 5.00. The van der Waals surface area contributed by atoms with Gasteiger partial charge in [0.15, 0.2) is 0 Å². The molecule has 1 N–H and O–H groups in total. The quantitative estimate of drug-likeness (QED) is 0.884. The molecule has 0 spiro atoms. The van der Waals surface area contributed by atoms with Crippen molar-refractivity contribution in [3.8, 4) is 0 Å². The van der Waals surface area contributed by atoms with Gasteiger partial charge in [0.05, 0.1) is 12.7 Å². The number of hydrogen-bond donors (Lipinski definition) is 1. The predicted molar refractivity (Wildman–Crippen MR) is 70.2 cm³/mol. The van der Waals surface area contributed by atoms with Gasteiger partial charge < -0.3 is 9.84 Å². The van der Waals surface area contributed by atoms with E-state index >= 15 is 0 Å². The summed E-state index contributed by atoms with van der Waals surface area (Å²) in [5.41, 5.74) is 2.57. The first-order valence-electron chi connectivity index (χ1n) is 6.92. The van der Waals surface area contributed by atoms with Gasteiger partial charge in [-0.05, 0) is 30.4 Å². The van der Waals surface area contributed by atoms with Crippen LogP contribution in [0.2, 0.25) is 0 Å². The third-order valence-electron chi connectivity index (χ3n) is 3.93. The molecule has 1 aromatic rings. The Bertz CT molecular complexity index is 399. The molecule has 2 unspecified atom stereocenters. The summed E-state index contributed by atoms with van der Waals surface area (Å²) in [4.78, 5) is 2.40. The first-order chi connectivity index (χ1) is 8.81. The molecular formula is C15H21NO2. The van der Waals surface area contributed by atoms with Gasteiger partial charge in [0.1, 0.15) is 6.23 Å². The maximum atomic E-state index is 9.28. The van der Waals surface area contributed by atoms with Crippen LogP contribution in [0.3, 0.4) is 0 Å². The number of aliphatic hydroxyl groups is 1. The first-order valence-corrected chi connectivity index (χ1v) is 6.92. The molecule has 1 heterocycles. The van der Waals surface area contributed by atoms with Crippen molar-refractivity contribution in [3.05, 3.63) is 35.4 Å². The lowest BCUT2D eigenvalue weighted by Crippen LogP contribution is -2.27. The van der Waals surface area contributed by atoms with Crippen LogP contribution < -0.4 is 0 Å². The van der Waals surface area contributed by atoms with Crippen LogP contribution >= 0.6 is 0 Å². The zero-order valence-electron chi connectivity index (χ0n) is 10.9. The molecule has 3 rings (SSSR count). The van der Waals surface area contributed by atoms with E-state index in [0.717, 1.165) is 13.0 Å². The van der Waals surface area contributed by atoms with E-state index in [2.05, 4.69) is 36.1 Å². The van der Waals surface area contributed by atoms with Gasteiger partial charge in [0.25, 0.3) is 0 Å². The van der Waals surface area contributed by atoms with Crippen LogP contribution in [0.1, 0.15) is 37.1 Å². The van der Waals surface area contributed by atoms with E-state index in [1.165, 1.54) is 24.0 Å². The molecule has 18 heavy (non-hydrogen) atoms. The van der Waals surface area contributed by atoms with Crippen molar-refractivity contribution in [2.24, 2.45) is 0 Å². The summed E-state index contributed by atoms with van der Waals surface area (Å²) in [6, 6.07) is 9.35. The minimum atomic E-state index is -0.0264. The van der Waals surface area contributed by atoms with Crippen LogP contribution in [0.25, 0.3) is 0 Å². The maximum absolute atomic E-state index is 9.28.